The molecule has 176 valence electrons. The highest BCUT2D eigenvalue weighted by atomic mass is 35.5. The predicted octanol–water partition coefficient (Wildman–Crippen LogP) is 4.14. The number of hydrogen-bond acceptors (Lipinski definition) is 5. The van der Waals surface area contributed by atoms with Crippen molar-refractivity contribution in [3.05, 3.63) is 71.8 Å². The van der Waals surface area contributed by atoms with Gasteiger partial charge in [-0.25, -0.2) is 13.2 Å². The third-order valence-corrected chi connectivity index (χ3v) is 7.54. The molecule has 0 N–H and O–H groups in total. The highest BCUT2D eigenvalue weighted by Crippen LogP contribution is 2.27. The van der Waals surface area contributed by atoms with E-state index in [1.54, 1.807) is 35.2 Å². The number of halogens is 1. The molecule has 1 amide bonds. The Balaban J connectivity index is 1.79. The number of benzene rings is 2. The molecule has 7 nitrogen and oxygen atoms in total. The van der Waals surface area contributed by atoms with Gasteiger partial charge in [-0.15, -0.1) is 6.58 Å². The molecular formula is C24H27ClN2O5S. The van der Waals surface area contributed by atoms with Crippen molar-refractivity contribution in [1.29, 1.82) is 0 Å². The molecule has 0 bridgehead atoms. The molecule has 2 aromatic rings. The zero-order valence-electron chi connectivity index (χ0n) is 18.4. The van der Waals surface area contributed by atoms with Crippen molar-refractivity contribution in [1.82, 2.24) is 4.90 Å². The van der Waals surface area contributed by atoms with Crippen LogP contribution >= 0.6 is 11.6 Å². The monoisotopic (exact) mass is 490 g/mol. The number of amides is 1. The molecule has 33 heavy (non-hydrogen) atoms. The van der Waals surface area contributed by atoms with Crippen LogP contribution in [-0.2, 0) is 19.6 Å². The Morgan fingerprint density at radius 3 is 2.64 bits per heavy atom. The number of esters is 1. The van der Waals surface area contributed by atoms with Gasteiger partial charge in [0.05, 0.1) is 27.7 Å². The third kappa shape index (κ3) is 5.94. The van der Waals surface area contributed by atoms with E-state index >= 15 is 0 Å². The van der Waals surface area contributed by atoms with Crippen molar-refractivity contribution in [3.8, 4) is 0 Å². The van der Waals surface area contributed by atoms with E-state index in [1.165, 1.54) is 28.6 Å². The summed E-state index contributed by atoms with van der Waals surface area (Å²) in [5.74, 6) is -0.737. The number of ether oxygens (including phenoxy) is 1. The Morgan fingerprint density at radius 1 is 1.24 bits per heavy atom. The minimum atomic E-state index is -4.02. The van der Waals surface area contributed by atoms with Crippen molar-refractivity contribution >= 4 is 39.2 Å². The lowest BCUT2D eigenvalue weighted by Gasteiger charge is -2.30. The largest absolute Gasteiger partial charge is 0.452 e. The molecular weight excluding hydrogens is 464 g/mol. The van der Waals surface area contributed by atoms with Gasteiger partial charge in [0.2, 0.25) is 0 Å². The number of sulfonamides is 1. The topological polar surface area (TPSA) is 84.0 Å². The maximum absolute atomic E-state index is 13.3. The number of para-hydroxylation sites is 1. The molecule has 1 fully saturated rings. The molecule has 0 radical (unpaired) electrons. The van der Waals surface area contributed by atoms with Crippen LogP contribution in [0.5, 0.6) is 0 Å². The summed E-state index contributed by atoms with van der Waals surface area (Å²) in [6.45, 7) is 6.59. The van der Waals surface area contributed by atoms with Crippen molar-refractivity contribution in [3.63, 3.8) is 0 Å². The summed E-state index contributed by atoms with van der Waals surface area (Å²) in [5, 5.41) is 0.0352. The lowest BCUT2D eigenvalue weighted by Crippen LogP contribution is -2.41. The number of carbonyl (C=O) groups is 2. The van der Waals surface area contributed by atoms with Gasteiger partial charge in [-0.05, 0) is 49.1 Å². The van der Waals surface area contributed by atoms with Crippen LogP contribution in [-0.4, -0.2) is 51.4 Å². The molecule has 1 aliphatic rings. The van der Waals surface area contributed by atoms with E-state index in [4.69, 9.17) is 16.3 Å². The van der Waals surface area contributed by atoms with Gasteiger partial charge in [-0.1, -0.05) is 42.8 Å². The first-order valence-electron chi connectivity index (χ1n) is 10.7. The molecule has 1 unspecified atom stereocenters. The quantitative estimate of drug-likeness (QED) is 0.410. The summed E-state index contributed by atoms with van der Waals surface area (Å²) >= 11 is 6.16. The average molecular weight is 491 g/mol. The minimum Gasteiger partial charge on any atom is -0.452 e. The van der Waals surface area contributed by atoms with Gasteiger partial charge in [0, 0.05) is 13.1 Å². The summed E-state index contributed by atoms with van der Waals surface area (Å²) in [7, 11) is -4.02. The maximum Gasteiger partial charge on any atom is 0.340 e. The number of rotatable bonds is 8. The Labute approximate surface area is 199 Å². The summed E-state index contributed by atoms with van der Waals surface area (Å²) < 4.78 is 33.0. The first kappa shape index (κ1) is 24.8. The van der Waals surface area contributed by atoms with Gasteiger partial charge < -0.3 is 9.64 Å². The SMILES string of the molecule is C=CCN(c1ccccc1)S(=O)(=O)c1ccc(Cl)c(C(=O)OCC(=O)N2CCCC(C)C2)c1. The summed E-state index contributed by atoms with van der Waals surface area (Å²) in [6, 6.07) is 12.4. The summed E-state index contributed by atoms with van der Waals surface area (Å²) in [4.78, 5) is 26.6. The Kier molecular flexibility index (Phi) is 8.15. The molecule has 0 spiro atoms. The molecule has 0 aliphatic carbocycles. The maximum atomic E-state index is 13.3. The number of carbonyl (C=O) groups excluding carboxylic acids is 2. The van der Waals surface area contributed by atoms with Crippen LogP contribution in [0.25, 0.3) is 0 Å². The first-order valence-corrected chi connectivity index (χ1v) is 12.5. The Morgan fingerprint density at radius 2 is 1.97 bits per heavy atom. The lowest BCUT2D eigenvalue weighted by atomic mass is 10.0. The molecule has 9 heteroatoms. The highest BCUT2D eigenvalue weighted by Gasteiger charge is 2.27. The fourth-order valence-corrected chi connectivity index (χ4v) is 5.37. The van der Waals surface area contributed by atoms with Crippen LogP contribution in [0.2, 0.25) is 5.02 Å². The van der Waals surface area contributed by atoms with Gasteiger partial charge in [-0.2, -0.15) is 0 Å². The van der Waals surface area contributed by atoms with Crippen LogP contribution in [0, 0.1) is 5.92 Å². The molecule has 0 saturated carbocycles. The second-order valence-electron chi connectivity index (χ2n) is 7.97. The molecule has 1 heterocycles. The van der Waals surface area contributed by atoms with Crippen LogP contribution in [0.3, 0.4) is 0 Å². The molecule has 3 rings (SSSR count). The van der Waals surface area contributed by atoms with E-state index in [2.05, 4.69) is 13.5 Å². The Bertz CT molecular complexity index is 1120. The van der Waals surface area contributed by atoms with Gasteiger partial charge in [0.25, 0.3) is 15.9 Å². The van der Waals surface area contributed by atoms with Gasteiger partial charge in [-0.3, -0.25) is 9.10 Å². The zero-order valence-corrected chi connectivity index (χ0v) is 20.0. The van der Waals surface area contributed by atoms with Gasteiger partial charge >= 0.3 is 5.97 Å². The van der Waals surface area contributed by atoms with Crippen LogP contribution in [0.1, 0.15) is 30.1 Å². The fourth-order valence-electron chi connectivity index (χ4n) is 3.71. The van der Waals surface area contributed by atoms with Crippen molar-refractivity contribution < 1.29 is 22.7 Å². The van der Waals surface area contributed by atoms with E-state index < -0.39 is 22.6 Å². The van der Waals surface area contributed by atoms with E-state index in [0.29, 0.717) is 24.7 Å². The predicted molar refractivity (Wildman–Crippen MR) is 128 cm³/mol. The molecule has 1 atom stereocenters. The van der Waals surface area contributed by atoms with E-state index in [0.717, 1.165) is 12.8 Å². The molecule has 1 saturated heterocycles. The third-order valence-electron chi connectivity index (χ3n) is 5.42. The van der Waals surface area contributed by atoms with E-state index in [9.17, 15) is 18.0 Å². The smallest absolute Gasteiger partial charge is 0.340 e. The van der Waals surface area contributed by atoms with Crippen molar-refractivity contribution in [2.45, 2.75) is 24.7 Å². The summed E-state index contributed by atoms with van der Waals surface area (Å²) in [6.07, 6.45) is 3.45. The van der Waals surface area contributed by atoms with E-state index in [1.807, 2.05) is 0 Å². The number of hydrogen-bond donors (Lipinski definition) is 0. The molecule has 0 aromatic heterocycles. The first-order chi connectivity index (χ1) is 15.7. The number of nitrogens with zero attached hydrogens (tertiary/aromatic N) is 2. The standard InChI is InChI=1S/C24H27ClN2O5S/c1-3-13-27(19-9-5-4-6-10-19)33(30,31)20-11-12-22(25)21(15-20)24(29)32-17-23(28)26-14-7-8-18(2)16-26/h3-6,9-12,15,18H,1,7-8,13-14,16-17H2,2H3. The second kappa shape index (κ2) is 10.9. The van der Waals surface area contributed by atoms with Crippen molar-refractivity contribution in [2.75, 3.05) is 30.5 Å². The van der Waals surface area contributed by atoms with Crippen LogP contribution < -0.4 is 4.31 Å². The number of likely N-dealkylation sites (tertiary alicyclic amines) is 1. The minimum absolute atomic E-state index is 0.0352. The summed E-state index contributed by atoms with van der Waals surface area (Å²) in [5.41, 5.74) is 0.335. The van der Waals surface area contributed by atoms with Crippen molar-refractivity contribution in [2.24, 2.45) is 5.92 Å². The Hall–Kier alpha value is -2.84. The van der Waals surface area contributed by atoms with Crippen LogP contribution in [0.4, 0.5) is 5.69 Å². The zero-order chi connectivity index (χ0) is 24.0. The second-order valence-corrected chi connectivity index (χ2v) is 10.2. The van der Waals surface area contributed by atoms with Gasteiger partial charge in [0.1, 0.15) is 0 Å². The normalized spacial score (nSPS) is 16.2. The van der Waals surface area contributed by atoms with Crippen LogP contribution in [0.15, 0.2) is 66.1 Å². The molecule has 1 aliphatic heterocycles. The average Bonchev–Trinajstić information content (AvgIpc) is 2.81. The number of piperidine rings is 1. The fraction of sp³-hybridized carbons (Fsp3) is 0.333. The lowest BCUT2D eigenvalue weighted by molar-refractivity contribution is -0.136. The highest BCUT2D eigenvalue weighted by molar-refractivity contribution is 7.92. The van der Waals surface area contributed by atoms with E-state index in [-0.39, 0.29) is 27.9 Å². The number of anilines is 1. The van der Waals surface area contributed by atoms with Gasteiger partial charge in [0.15, 0.2) is 6.61 Å². The molecule has 2 aromatic carbocycles.